The van der Waals surface area contributed by atoms with Crippen molar-refractivity contribution >= 4 is 22.7 Å². The van der Waals surface area contributed by atoms with Crippen LogP contribution in [0.4, 0.5) is 27.1 Å². The molecule has 19 heavy (non-hydrogen) atoms. The minimum absolute atomic E-state index is 0.0672. The summed E-state index contributed by atoms with van der Waals surface area (Å²) in [4.78, 5) is 9.77. The van der Waals surface area contributed by atoms with Crippen molar-refractivity contribution in [2.24, 2.45) is 10.2 Å². The summed E-state index contributed by atoms with van der Waals surface area (Å²) >= 11 is 0. The fourth-order valence-electron chi connectivity index (χ4n) is 1.34. The molecule has 0 aromatic heterocycles. The molecule has 2 aromatic carbocycles. The van der Waals surface area contributed by atoms with E-state index in [2.05, 4.69) is 10.2 Å². The van der Waals surface area contributed by atoms with E-state index in [-0.39, 0.29) is 11.4 Å². The number of non-ortho nitro benzene ring substituents is 1. The number of nitrogens with zero attached hydrogens (tertiary/aromatic N) is 3. The van der Waals surface area contributed by atoms with E-state index >= 15 is 0 Å². The zero-order chi connectivity index (χ0) is 13.8. The minimum atomic E-state index is -0.798. The van der Waals surface area contributed by atoms with Crippen LogP contribution in [0.1, 0.15) is 0 Å². The molecule has 2 N–H and O–H groups in total. The van der Waals surface area contributed by atoms with E-state index in [1.165, 1.54) is 12.1 Å². The van der Waals surface area contributed by atoms with Crippen molar-refractivity contribution < 1.29 is 9.31 Å². The number of anilines is 1. The van der Waals surface area contributed by atoms with E-state index in [0.717, 1.165) is 6.07 Å². The predicted octanol–water partition coefficient (Wildman–Crippen LogP) is 3.73. The van der Waals surface area contributed by atoms with Crippen molar-refractivity contribution in [3.8, 4) is 0 Å². The average Bonchev–Trinajstić information content (AvgIpc) is 2.39. The van der Waals surface area contributed by atoms with Crippen LogP contribution in [0.2, 0.25) is 0 Å². The minimum Gasteiger partial charge on any atom is -0.399 e. The van der Waals surface area contributed by atoms with Crippen LogP contribution in [0.5, 0.6) is 0 Å². The first-order chi connectivity index (χ1) is 9.06. The summed E-state index contributed by atoms with van der Waals surface area (Å²) in [5, 5.41) is 18.0. The molecule has 0 aliphatic rings. The first kappa shape index (κ1) is 12.6. The summed E-state index contributed by atoms with van der Waals surface area (Å²) < 4.78 is 13.5. The third-order valence-corrected chi connectivity index (χ3v) is 2.31. The van der Waals surface area contributed by atoms with Gasteiger partial charge in [-0.15, -0.1) is 5.11 Å². The summed E-state index contributed by atoms with van der Waals surface area (Å²) in [7, 11) is 0. The van der Waals surface area contributed by atoms with Gasteiger partial charge in [0.05, 0.1) is 16.7 Å². The van der Waals surface area contributed by atoms with Crippen molar-refractivity contribution in [3.63, 3.8) is 0 Å². The fraction of sp³-hybridized carbons (Fsp3) is 0. The molecular formula is C12H9FN4O2. The number of halogens is 1. The molecule has 0 saturated heterocycles. The summed E-state index contributed by atoms with van der Waals surface area (Å²) in [6, 6.07) is 9.71. The van der Waals surface area contributed by atoms with Gasteiger partial charge in [-0.05, 0) is 30.3 Å². The van der Waals surface area contributed by atoms with E-state index in [4.69, 9.17) is 5.73 Å². The number of azo groups is 1. The SMILES string of the molecule is Nc1ccc(/N=N/c2ccc([N+](=O)[O-])cc2F)cc1. The Balaban J connectivity index is 2.23. The molecule has 0 amide bonds. The lowest BCUT2D eigenvalue weighted by Crippen LogP contribution is -1.88. The smallest absolute Gasteiger partial charge is 0.272 e. The predicted molar refractivity (Wildman–Crippen MR) is 68.1 cm³/mol. The quantitative estimate of drug-likeness (QED) is 0.394. The van der Waals surface area contributed by atoms with E-state index < -0.39 is 10.7 Å². The van der Waals surface area contributed by atoms with Crippen LogP contribution in [0.15, 0.2) is 52.7 Å². The van der Waals surface area contributed by atoms with E-state index in [1.54, 1.807) is 24.3 Å². The number of nitro benzene ring substituents is 1. The van der Waals surface area contributed by atoms with Gasteiger partial charge in [-0.3, -0.25) is 10.1 Å². The number of nitrogen functional groups attached to an aromatic ring is 1. The van der Waals surface area contributed by atoms with Crippen molar-refractivity contribution in [2.45, 2.75) is 0 Å². The van der Waals surface area contributed by atoms with Gasteiger partial charge in [0.25, 0.3) is 5.69 Å². The maximum Gasteiger partial charge on any atom is 0.272 e. The van der Waals surface area contributed by atoms with Crippen LogP contribution >= 0.6 is 0 Å². The second-order valence-corrected chi connectivity index (χ2v) is 3.68. The molecule has 2 aromatic rings. The molecule has 2 rings (SSSR count). The average molecular weight is 260 g/mol. The van der Waals surface area contributed by atoms with E-state index in [9.17, 15) is 14.5 Å². The maximum absolute atomic E-state index is 13.5. The van der Waals surface area contributed by atoms with Gasteiger partial charge in [0.15, 0.2) is 5.82 Å². The third kappa shape index (κ3) is 3.09. The summed E-state index contributed by atoms with van der Waals surface area (Å²) in [5.41, 5.74) is 6.20. The highest BCUT2D eigenvalue weighted by molar-refractivity contribution is 5.49. The van der Waals surface area contributed by atoms with Crippen LogP contribution in [-0.2, 0) is 0 Å². The Labute approximate surface area is 107 Å². The molecule has 0 unspecified atom stereocenters. The van der Waals surface area contributed by atoms with Gasteiger partial charge in [-0.2, -0.15) is 5.11 Å². The largest absolute Gasteiger partial charge is 0.399 e. The Kier molecular flexibility index (Phi) is 3.46. The van der Waals surface area contributed by atoms with Gasteiger partial charge in [0.1, 0.15) is 5.69 Å². The Hall–Kier alpha value is -2.83. The maximum atomic E-state index is 13.5. The molecule has 0 spiro atoms. The molecule has 6 nitrogen and oxygen atoms in total. The Morgan fingerprint density at radius 3 is 2.37 bits per heavy atom. The van der Waals surface area contributed by atoms with Crippen molar-refractivity contribution in [1.29, 1.82) is 0 Å². The molecular weight excluding hydrogens is 251 g/mol. The third-order valence-electron chi connectivity index (χ3n) is 2.31. The molecule has 7 heteroatoms. The number of hydrogen-bond donors (Lipinski definition) is 1. The molecule has 0 bridgehead atoms. The summed E-state index contributed by atoms with van der Waals surface area (Å²) in [6.07, 6.45) is 0. The van der Waals surface area contributed by atoms with Crippen LogP contribution in [0.3, 0.4) is 0 Å². The zero-order valence-corrected chi connectivity index (χ0v) is 9.65. The first-order valence-corrected chi connectivity index (χ1v) is 5.27. The van der Waals surface area contributed by atoms with Crippen LogP contribution in [0, 0.1) is 15.9 Å². The van der Waals surface area contributed by atoms with E-state index in [1.807, 2.05) is 0 Å². The monoisotopic (exact) mass is 260 g/mol. The lowest BCUT2D eigenvalue weighted by molar-refractivity contribution is -0.385. The standard InChI is InChI=1S/C12H9FN4O2/c13-11-7-10(17(18)19)5-6-12(11)16-15-9-3-1-8(14)2-4-9/h1-7H,14H2/b16-15+. The second kappa shape index (κ2) is 5.21. The lowest BCUT2D eigenvalue weighted by Gasteiger charge is -1.96. The molecule has 0 aliphatic heterocycles. The Morgan fingerprint density at radius 2 is 1.79 bits per heavy atom. The van der Waals surface area contributed by atoms with Gasteiger partial charge < -0.3 is 5.73 Å². The first-order valence-electron chi connectivity index (χ1n) is 5.27. The van der Waals surface area contributed by atoms with Gasteiger partial charge in [-0.25, -0.2) is 4.39 Å². The van der Waals surface area contributed by atoms with Crippen LogP contribution < -0.4 is 5.73 Å². The number of nitro groups is 1. The van der Waals surface area contributed by atoms with Crippen molar-refractivity contribution in [3.05, 3.63) is 58.4 Å². The Bertz CT molecular complexity index is 641. The van der Waals surface area contributed by atoms with Gasteiger partial charge in [0.2, 0.25) is 0 Å². The molecule has 0 radical (unpaired) electrons. The topological polar surface area (TPSA) is 93.9 Å². The normalized spacial score (nSPS) is 10.8. The summed E-state index contributed by atoms with van der Waals surface area (Å²) in [6.45, 7) is 0. The molecule has 0 aliphatic carbocycles. The van der Waals surface area contributed by atoms with Crippen molar-refractivity contribution in [2.75, 3.05) is 5.73 Å². The highest BCUT2D eigenvalue weighted by Crippen LogP contribution is 2.25. The zero-order valence-electron chi connectivity index (χ0n) is 9.65. The molecule has 0 atom stereocenters. The molecule has 96 valence electrons. The number of benzene rings is 2. The number of nitrogens with two attached hydrogens (primary N) is 1. The number of hydrogen-bond acceptors (Lipinski definition) is 5. The van der Waals surface area contributed by atoms with E-state index in [0.29, 0.717) is 11.4 Å². The number of rotatable bonds is 3. The van der Waals surface area contributed by atoms with Gasteiger partial charge in [-0.1, -0.05) is 0 Å². The van der Waals surface area contributed by atoms with Gasteiger partial charge in [0, 0.05) is 11.8 Å². The lowest BCUT2D eigenvalue weighted by atomic mass is 10.3. The fourth-order valence-corrected chi connectivity index (χ4v) is 1.34. The summed E-state index contributed by atoms with van der Waals surface area (Å²) in [5.74, 6) is -0.798. The van der Waals surface area contributed by atoms with Crippen LogP contribution in [-0.4, -0.2) is 4.92 Å². The Morgan fingerprint density at radius 1 is 1.11 bits per heavy atom. The molecule has 0 heterocycles. The molecule has 0 fully saturated rings. The highest BCUT2D eigenvalue weighted by atomic mass is 19.1. The highest BCUT2D eigenvalue weighted by Gasteiger charge is 2.10. The van der Waals surface area contributed by atoms with Gasteiger partial charge >= 0.3 is 0 Å². The van der Waals surface area contributed by atoms with Crippen LogP contribution in [0.25, 0.3) is 0 Å². The van der Waals surface area contributed by atoms with Crippen molar-refractivity contribution in [1.82, 2.24) is 0 Å². The second-order valence-electron chi connectivity index (χ2n) is 3.68. The molecule has 0 saturated carbocycles.